The van der Waals surface area contributed by atoms with Crippen LogP contribution in [-0.4, -0.2) is 24.2 Å². The maximum Gasteiger partial charge on any atom is 0.123 e. The molecule has 5 nitrogen and oxygen atoms in total. The van der Waals surface area contributed by atoms with E-state index in [1.807, 2.05) is 24.3 Å². The van der Waals surface area contributed by atoms with E-state index >= 15 is 0 Å². The summed E-state index contributed by atoms with van der Waals surface area (Å²) in [6, 6.07) is 7.80. The number of rotatable bonds is 6. The van der Waals surface area contributed by atoms with E-state index in [2.05, 4.69) is 22.2 Å². The van der Waals surface area contributed by atoms with Crippen LogP contribution in [0.5, 0.6) is 11.5 Å². The Kier molecular flexibility index (Phi) is 4.90. The van der Waals surface area contributed by atoms with Gasteiger partial charge in [0.15, 0.2) is 0 Å². The Balaban J connectivity index is 2.09. The van der Waals surface area contributed by atoms with Crippen molar-refractivity contribution in [2.45, 2.75) is 19.5 Å². The lowest BCUT2D eigenvalue weighted by molar-refractivity contribution is 0.391. The van der Waals surface area contributed by atoms with Gasteiger partial charge < -0.3 is 14.8 Å². The van der Waals surface area contributed by atoms with Crippen molar-refractivity contribution >= 4 is 0 Å². The summed E-state index contributed by atoms with van der Waals surface area (Å²) < 4.78 is 10.7. The van der Waals surface area contributed by atoms with Gasteiger partial charge in [0.2, 0.25) is 0 Å². The smallest absolute Gasteiger partial charge is 0.123 e. The van der Waals surface area contributed by atoms with Crippen LogP contribution in [0.1, 0.15) is 24.2 Å². The summed E-state index contributed by atoms with van der Waals surface area (Å²) in [6.07, 6.45) is 3.29. The van der Waals surface area contributed by atoms with Crippen molar-refractivity contribution in [1.82, 2.24) is 15.3 Å². The van der Waals surface area contributed by atoms with E-state index in [4.69, 9.17) is 9.47 Å². The number of methoxy groups -OCH3 is 2. The van der Waals surface area contributed by atoms with Crippen LogP contribution in [-0.2, 0) is 6.54 Å². The standard InChI is InChI=1S/C15H19N3O2/c1-11(17-9-12-6-7-16-10-18-12)14-8-13(19-2)4-5-15(14)20-3/h4-8,10-11,17H,9H2,1-3H3. The van der Waals surface area contributed by atoms with Gasteiger partial charge in [-0.15, -0.1) is 0 Å². The van der Waals surface area contributed by atoms with Crippen molar-refractivity contribution < 1.29 is 9.47 Å². The van der Waals surface area contributed by atoms with Gasteiger partial charge in [0.25, 0.3) is 0 Å². The molecule has 0 fully saturated rings. The summed E-state index contributed by atoms with van der Waals surface area (Å²) in [4.78, 5) is 8.10. The molecule has 0 aliphatic heterocycles. The Morgan fingerprint density at radius 3 is 2.70 bits per heavy atom. The quantitative estimate of drug-likeness (QED) is 0.875. The summed E-state index contributed by atoms with van der Waals surface area (Å²) in [5, 5.41) is 3.42. The highest BCUT2D eigenvalue weighted by Gasteiger charge is 2.12. The van der Waals surface area contributed by atoms with E-state index in [1.165, 1.54) is 0 Å². The van der Waals surface area contributed by atoms with Crippen LogP contribution >= 0.6 is 0 Å². The van der Waals surface area contributed by atoms with Crippen LogP contribution in [0, 0.1) is 0 Å². The molecule has 0 spiro atoms. The SMILES string of the molecule is COc1ccc(OC)c(C(C)NCc2ccncn2)c1. The van der Waals surface area contributed by atoms with Crippen LogP contribution in [0.2, 0.25) is 0 Å². The molecule has 0 aliphatic rings. The molecule has 5 heteroatoms. The third-order valence-electron chi connectivity index (χ3n) is 3.14. The second-order valence-electron chi connectivity index (χ2n) is 4.41. The molecule has 20 heavy (non-hydrogen) atoms. The van der Waals surface area contributed by atoms with Gasteiger partial charge in [0, 0.05) is 24.3 Å². The first-order valence-electron chi connectivity index (χ1n) is 6.44. The second kappa shape index (κ2) is 6.86. The van der Waals surface area contributed by atoms with E-state index in [1.54, 1.807) is 26.7 Å². The molecular formula is C15H19N3O2. The maximum absolute atomic E-state index is 5.40. The van der Waals surface area contributed by atoms with Gasteiger partial charge in [0.05, 0.1) is 19.9 Å². The van der Waals surface area contributed by atoms with Crippen molar-refractivity contribution in [2.75, 3.05) is 14.2 Å². The summed E-state index contributed by atoms with van der Waals surface area (Å²) in [5.74, 6) is 1.66. The zero-order valence-corrected chi connectivity index (χ0v) is 12.0. The topological polar surface area (TPSA) is 56.3 Å². The van der Waals surface area contributed by atoms with Crippen molar-refractivity contribution in [3.05, 3.63) is 48.0 Å². The molecule has 0 saturated heterocycles. The third kappa shape index (κ3) is 3.45. The molecule has 2 rings (SSSR count). The number of nitrogens with one attached hydrogen (secondary N) is 1. The van der Waals surface area contributed by atoms with Gasteiger partial charge in [-0.05, 0) is 31.2 Å². The Morgan fingerprint density at radius 2 is 2.05 bits per heavy atom. The van der Waals surface area contributed by atoms with Crippen LogP contribution in [0.25, 0.3) is 0 Å². The number of hydrogen-bond acceptors (Lipinski definition) is 5. The van der Waals surface area contributed by atoms with E-state index in [9.17, 15) is 0 Å². The molecule has 1 N–H and O–H groups in total. The molecule has 1 heterocycles. The molecule has 2 aromatic rings. The lowest BCUT2D eigenvalue weighted by Gasteiger charge is -2.18. The molecule has 1 unspecified atom stereocenters. The van der Waals surface area contributed by atoms with Gasteiger partial charge in [-0.25, -0.2) is 9.97 Å². The Labute approximate surface area is 119 Å². The van der Waals surface area contributed by atoms with Crippen LogP contribution in [0.15, 0.2) is 36.8 Å². The highest BCUT2D eigenvalue weighted by Crippen LogP contribution is 2.29. The Bertz CT molecular complexity index is 546. The van der Waals surface area contributed by atoms with Crippen LogP contribution < -0.4 is 14.8 Å². The molecule has 1 aromatic carbocycles. The third-order valence-corrected chi connectivity index (χ3v) is 3.14. The fraction of sp³-hybridized carbons (Fsp3) is 0.333. The lowest BCUT2D eigenvalue weighted by Crippen LogP contribution is -2.19. The molecule has 0 amide bonds. The summed E-state index contributed by atoms with van der Waals surface area (Å²) >= 11 is 0. The predicted octanol–water partition coefficient (Wildman–Crippen LogP) is 2.34. The molecule has 1 aromatic heterocycles. The average Bonchev–Trinajstić information content (AvgIpc) is 2.52. The molecule has 0 aliphatic carbocycles. The Morgan fingerprint density at radius 1 is 1.20 bits per heavy atom. The van der Waals surface area contributed by atoms with E-state index < -0.39 is 0 Å². The van der Waals surface area contributed by atoms with Crippen molar-refractivity contribution in [3.8, 4) is 11.5 Å². The first-order valence-corrected chi connectivity index (χ1v) is 6.44. The van der Waals surface area contributed by atoms with Crippen molar-refractivity contribution in [1.29, 1.82) is 0 Å². The minimum absolute atomic E-state index is 0.120. The first-order chi connectivity index (χ1) is 9.74. The fourth-order valence-electron chi connectivity index (χ4n) is 1.97. The molecule has 106 valence electrons. The van der Waals surface area contributed by atoms with Gasteiger partial charge in [-0.1, -0.05) is 0 Å². The van der Waals surface area contributed by atoms with Gasteiger partial charge in [-0.2, -0.15) is 0 Å². The molecule has 0 saturated carbocycles. The minimum Gasteiger partial charge on any atom is -0.497 e. The van der Waals surface area contributed by atoms with Gasteiger partial charge >= 0.3 is 0 Å². The van der Waals surface area contributed by atoms with Gasteiger partial charge in [-0.3, -0.25) is 0 Å². The highest BCUT2D eigenvalue weighted by molar-refractivity contribution is 5.42. The van der Waals surface area contributed by atoms with Crippen LogP contribution in [0.3, 0.4) is 0 Å². The van der Waals surface area contributed by atoms with E-state index in [-0.39, 0.29) is 6.04 Å². The fourth-order valence-corrected chi connectivity index (χ4v) is 1.97. The largest absolute Gasteiger partial charge is 0.497 e. The highest BCUT2D eigenvalue weighted by atomic mass is 16.5. The lowest BCUT2D eigenvalue weighted by atomic mass is 10.1. The Hall–Kier alpha value is -2.14. The predicted molar refractivity (Wildman–Crippen MR) is 76.8 cm³/mol. The number of aromatic nitrogens is 2. The zero-order valence-electron chi connectivity index (χ0n) is 12.0. The van der Waals surface area contributed by atoms with Crippen molar-refractivity contribution in [2.24, 2.45) is 0 Å². The minimum atomic E-state index is 0.120. The summed E-state index contributed by atoms with van der Waals surface area (Å²) in [6.45, 7) is 2.75. The summed E-state index contributed by atoms with van der Waals surface area (Å²) in [7, 11) is 3.33. The molecule has 1 atom stereocenters. The maximum atomic E-state index is 5.40. The molecule has 0 radical (unpaired) electrons. The number of ether oxygens (including phenoxy) is 2. The zero-order chi connectivity index (χ0) is 14.4. The summed E-state index contributed by atoms with van der Waals surface area (Å²) in [5.41, 5.74) is 2.01. The average molecular weight is 273 g/mol. The normalized spacial score (nSPS) is 11.9. The number of nitrogens with zero attached hydrogens (tertiary/aromatic N) is 2. The number of hydrogen-bond donors (Lipinski definition) is 1. The molecule has 0 bridgehead atoms. The monoisotopic (exact) mass is 273 g/mol. The first kappa shape index (κ1) is 14.3. The van der Waals surface area contributed by atoms with Gasteiger partial charge in [0.1, 0.15) is 17.8 Å². The van der Waals surface area contributed by atoms with Crippen molar-refractivity contribution in [3.63, 3.8) is 0 Å². The number of benzene rings is 1. The van der Waals surface area contributed by atoms with Crippen LogP contribution in [0.4, 0.5) is 0 Å². The van der Waals surface area contributed by atoms with E-state index in [0.29, 0.717) is 6.54 Å². The second-order valence-corrected chi connectivity index (χ2v) is 4.41. The van der Waals surface area contributed by atoms with E-state index in [0.717, 1.165) is 22.8 Å². The molecular weight excluding hydrogens is 254 g/mol.